The zero-order chi connectivity index (χ0) is 17.7. The van der Waals surface area contributed by atoms with Gasteiger partial charge in [-0.3, -0.25) is 4.79 Å². The summed E-state index contributed by atoms with van der Waals surface area (Å²) in [5, 5.41) is 2.98. The first-order chi connectivity index (χ1) is 11.5. The fourth-order valence-corrected chi connectivity index (χ4v) is 3.51. The molecule has 0 aromatic carbocycles. The normalized spacial score (nSPS) is 16.7. The molecular weight excluding hydrogens is 334 g/mol. The Balaban J connectivity index is 2.32. The van der Waals surface area contributed by atoms with Gasteiger partial charge < -0.3 is 19.5 Å². The van der Waals surface area contributed by atoms with E-state index in [9.17, 15) is 14.4 Å². The van der Waals surface area contributed by atoms with Gasteiger partial charge in [-0.2, -0.15) is 0 Å². The van der Waals surface area contributed by atoms with Crippen LogP contribution in [0.15, 0.2) is 0 Å². The maximum atomic E-state index is 12.3. The fourth-order valence-electron chi connectivity index (χ4n) is 2.42. The van der Waals surface area contributed by atoms with Crippen LogP contribution in [0.5, 0.6) is 0 Å². The van der Waals surface area contributed by atoms with Gasteiger partial charge in [-0.1, -0.05) is 0 Å². The molecule has 0 unspecified atom stereocenters. The minimum Gasteiger partial charge on any atom is -0.462 e. The van der Waals surface area contributed by atoms with E-state index in [4.69, 9.17) is 14.2 Å². The number of hydrogen-bond donors (Lipinski definition) is 1. The van der Waals surface area contributed by atoms with Crippen LogP contribution in [0.2, 0.25) is 0 Å². The number of nitrogens with one attached hydrogen (secondary N) is 1. The molecule has 0 radical (unpaired) electrons. The van der Waals surface area contributed by atoms with Gasteiger partial charge in [0.05, 0.1) is 18.8 Å². The molecule has 2 rings (SSSR count). The molecule has 8 heteroatoms. The highest BCUT2D eigenvalue weighted by atomic mass is 32.1. The zero-order valence-corrected chi connectivity index (χ0v) is 14.8. The van der Waals surface area contributed by atoms with Crippen molar-refractivity contribution >= 4 is 34.2 Å². The molecule has 1 fully saturated rings. The Kier molecular flexibility index (Phi) is 6.33. The number of hydrogen-bond acceptors (Lipinski definition) is 7. The largest absolute Gasteiger partial charge is 0.462 e. The summed E-state index contributed by atoms with van der Waals surface area (Å²) in [7, 11) is 0. The van der Waals surface area contributed by atoms with E-state index in [1.54, 1.807) is 20.8 Å². The van der Waals surface area contributed by atoms with Crippen LogP contribution in [-0.4, -0.2) is 43.8 Å². The molecule has 1 aliphatic rings. The summed E-state index contributed by atoms with van der Waals surface area (Å²) in [4.78, 5) is 36.8. The highest BCUT2D eigenvalue weighted by Crippen LogP contribution is 2.34. The van der Waals surface area contributed by atoms with Crippen molar-refractivity contribution in [3.63, 3.8) is 0 Å². The average Bonchev–Trinajstić information content (AvgIpc) is 3.16. The van der Waals surface area contributed by atoms with E-state index in [2.05, 4.69) is 5.32 Å². The standard InChI is InChI=1S/C16H21NO6S/c1-4-21-15(19)11-9(3)12(16(20)22-5-2)24-14(11)17-13(18)10-7-6-8-23-10/h10H,4-8H2,1-3H3,(H,17,18)/t10-/m0/s1. The number of thiophene rings is 1. The van der Waals surface area contributed by atoms with E-state index < -0.39 is 18.0 Å². The third kappa shape index (κ3) is 3.93. The van der Waals surface area contributed by atoms with E-state index >= 15 is 0 Å². The quantitative estimate of drug-likeness (QED) is 0.789. The molecule has 1 amide bonds. The number of ether oxygens (including phenoxy) is 3. The van der Waals surface area contributed by atoms with Crippen molar-refractivity contribution in [2.75, 3.05) is 25.1 Å². The predicted octanol–water partition coefficient (Wildman–Crippen LogP) is 2.53. The molecule has 24 heavy (non-hydrogen) atoms. The lowest BCUT2D eigenvalue weighted by Crippen LogP contribution is -2.27. The summed E-state index contributed by atoms with van der Waals surface area (Å²) in [5.41, 5.74) is 0.635. The van der Waals surface area contributed by atoms with Crippen LogP contribution in [0.1, 0.15) is 52.3 Å². The molecule has 0 bridgehead atoms. The molecule has 0 aliphatic carbocycles. The SMILES string of the molecule is CCOC(=O)c1sc(NC(=O)[C@@H]2CCCO2)c(C(=O)OCC)c1C. The van der Waals surface area contributed by atoms with Crippen LogP contribution in [0.25, 0.3) is 0 Å². The van der Waals surface area contributed by atoms with Crippen LogP contribution in [0.3, 0.4) is 0 Å². The Bertz CT molecular complexity index is 633. The van der Waals surface area contributed by atoms with Crippen LogP contribution < -0.4 is 5.32 Å². The molecule has 0 saturated carbocycles. The van der Waals surface area contributed by atoms with E-state index in [0.29, 0.717) is 18.6 Å². The minimum atomic E-state index is -0.579. The molecule has 1 atom stereocenters. The second-order valence-corrected chi connectivity index (χ2v) is 6.21. The summed E-state index contributed by atoms with van der Waals surface area (Å²) in [6, 6.07) is 0. The van der Waals surface area contributed by atoms with Crippen LogP contribution in [0, 0.1) is 6.92 Å². The van der Waals surface area contributed by atoms with Crippen LogP contribution in [0.4, 0.5) is 5.00 Å². The molecule has 0 spiro atoms. The van der Waals surface area contributed by atoms with E-state index in [1.165, 1.54) is 0 Å². The van der Waals surface area contributed by atoms with E-state index in [0.717, 1.165) is 17.8 Å². The Morgan fingerprint density at radius 2 is 1.88 bits per heavy atom. The zero-order valence-electron chi connectivity index (χ0n) is 14.0. The third-order valence-electron chi connectivity index (χ3n) is 3.55. The number of esters is 2. The van der Waals surface area contributed by atoms with Gasteiger partial charge >= 0.3 is 11.9 Å². The summed E-state index contributed by atoms with van der Waals surface area (Å²) in [6.07, 6.45) is 0.921. The minimum absolute atomic E-state index is 0.191. The van der Waals surface area contributed by atoms with Crippen molar-refractivity contribution in [3.05, 3.63) is 16.0 Å². The number of amides is 1. The van der Waals surface area contributed by atoms with Crippen molar-refractivity contribution in [2.24, 2.45) is 0 Å². The highest BCUT2D eigenvalue weighted by molar-refractivity contribution is 7.18. The topological polar surface area (TPSA) is 90.9 Å². The molecule has 1 aliphatic heterocycles. The number of anilines is 1. The Labute approximate surface area is 144 Å². The van der Waals surface area contributed by atoms with Gasteiger partial charge in [-0.15, -0.1) is 11.3 Å². The Hall–Kier alpha value is -1.93. The van der Waals surface area contributed by atoms with Crippen LogP contribution in [-0.2, 0) is 19.0 Å². The van der Waals surface area contributed by atoms with Crippen molar-refractivity contribution in [1.82, 2.24) is 0 Å². The van der Waals surface area contributed by atoms with Crippen molar-refractivity contribution in [1.29, 1.82) is 0 Å². The number of rotatable bonds is 6. The molecular formula is C16H21NO6S. The van der Waals surface area contributed by atoms with Crippen molar-refractivity contribution < 1.29 is 28.6 Å². The third-order valence-corrected chi connectivity index (χ3v) is 4.73. The molecule has 2 heterocycles. The van der Waals surface area contributed by atoms with Gasteiger partial charge in [0.15, 0.2) is 0 Å². The van der Waals surface area contributed by atoms with Crippen molar-refractivity contribution in [2.45, 2.75) is 39.7 Å². The number of carbonyl (C=O) groups is 3. The molecule has 132 valence electrons. The van der Waals surface area contributed by atoms with Crippen LogP contribution >= 0.6 is 11.3 Å². The highest BCUT2D eigenvalue weighted by Gasteiger charge is 2.30. The van der Waals surface area contributed by atoms with Gasteiger partial charge in [0.1, 0.15) is 16.0 Å². The molecule has 1 aromatic heterocycles. The Morgan fingerprint density at radius 1 is 1.21 bits per heavy atom. The summed E-state index contributed by atoms with van der Waals surface area (Å²) in [5.74, 6) is -1.43. The fraction of sp³-hybridized carbons (Fsp3) is 0.562. The lowest BCUT2D eigenvalue weighted by Gasteiger charge is -2.10. The number of carbonyl (C=O) groups excluding carboxylic acids is 3. The second-order valence-electron chi connectivity index (χ2n) is 5.19. The average molecular weight is 355 g/mol. The van der Waals surface area contributed by atoms with Gasteiger partial charge in [-0.05, 0) is 39.2 Å². The van der Waals surface area contributed by atoms with Gasteiger partial charge in [0.2, 0.25) is 0 Å². The second kappa shape index (κ2) is 8.25. The van der Waals surface area contributed by atoms with Crippen molar-refractivity contribution in [3.8, 4) is 0 Å². The lowest BCUT2D eigenvalue weighted by molar-refractivity contribution is -0.124. The van der Waals surface area contributed by atoms with E-state index in [1.807, 2.05) is 0 Å². The maximum absolute atomic E-state index is 12.3. The summed E-state index contributed by atoms with van der Waals surface area (Å²) in [6.45, 7) is 5.99. The molecule has 1 aromatic rings. The predicted molar refractivity (Wildman–Crippen MR) is 88.6 cm³/mol. The molecule has 7 nitrogen and oxygen atoms in total. The molecule has 1 saturated heterocycles. The first-order valence-corrected chi connectivity index (χ1v) is 8.71. The maximum Gasteiger partial charge on any atom is 0.348 e. The summed E-state index contributed by atoms with van der Waals surface area (Å²) < 4.78 is 15.4. The smallest absolute Gasteiger partial charge is 0.348 e. The monoisotopic (exact) mass is 355 g/mol. The summed E-state index contributed by atoms with van der Waals surface area (Å²) >= 11 is 1.01. The van der Waals surface area contributed by atoms with Gasteiger partial charge in [-0.25, -0.2) is 9.59 Å². The van der Waals surface area contributed by atoms with E-state index in [-0.39, 0.29) is 34.6 Å². The lowest BCUT2D eigenvalue weighted by atomic mass is 10.1. The van der Waals surface area contributed by atoms with Gasteiger partial charge in [0.25, 0.3) is 5.91 Å². The first kappa shape index (κ1) is 18.4. The van der Waals surface area contributed by atoms with Gasteiger partial charge in [0, 0.05) is 6.61 Å². The Morgan fingerprint density at radius 3 is 2.46 bits per heavy atom. The molecule has 1 N–H and O–H groups in total. The first-order valence-electron chi connectivity index (χ1n) is 7.89.